The molecule has 0 saturated heterocycles. The van der Waals surface area contributed by atoms with E-state index in [0.717, 1.165) is 0 Å². The predicted octanol–water partition coefficient (Wildman–Crippen LogP) is 1.02. The minimum atomic E-state index is -2.00. The first-order valence-corrected chi connectivity index (χ1v) is 4.16. The van der Waals surface area contributed by atoms with E-state index >= 15 is 0 Å². The summed E-state index contributed by atoms with van der Waals surface area (Å²) in [6.45, 7) is 3.08. The molecular weight excluding hydrogens is 224 g/mol. The van der Waals surface area contributed by atoms with Gasteiger partial charge in [0.15, 0.2) is 0 Å². The number of hydrogen-bond acceptors (Lipinski definition) is 2. The van der Waals surface area contributed by atoms with Gasteiger partial charge in [0.1, 0.15) is 0 Å². The normalized spacial score (nSPS) is 13.7. The predicted molar refractivity (Wildman–Crippen MR) is 49.5 cm³/mol. The first-order valence-electron chi connectivity index (χ1n) is 3.03. The van der Waals surface area contributed by atoms with Gasteiger partial charge in [0, 0.05) is 0 Å². The molecule has 0 aliphatic heterocycles. The minimum Gasteiger partial charge on any atom is -0.394 e. The summed E-state index contributed by atoms with van der Waals surface area (Å²) in [5, 5.41) is 10.9. The summed E-state index contributed by atoms with van der Waals surface area (Å²) in [4.78, 5) is 10.9. The van der Waals surface area contributed by atoms with Gasteiger partial charge in [0.2, 0.25) is 0 Å². The maximum absolute atomic E-state index is 10.9. The standard InChI is InChI=1S/C6H8Cl3NO2/c1-2-4(3-11)10-5(12)6(7,8)9/h2,4,11H,1,3H2,(H,10,12)/t4-/m1/s1. The van der Waals surface area contributed by atoms with Crippen molar-refractivity contribution in [1.82, 2.24) is 5.32 Å². The van der Waals surface area contributed by atoms with Crippen LogP contribution in [0.3, 0.4) is 0 Å². The minimum absolute atomic E-state index is 0.282. The Balaban J connectivity index is 4.08. The van der Waals surface area contributed by atoms with E-state index in [1.165, 1.54) is 6.08 Å². The molecule has 70 valence electrons. The summed E-state index contributed by atoms with van der Waals surface area (Å²) < 4.78 is -2.00. The Morgan fingerprint density at radius 1 is 1.67 bits per heavy atom. The fourth-order valence-electron chi connectivity index (χ4n) is 0.429. The number of carbonyl (C=O) groups is 1. The Labute approximate surface area is 85.3 Å². The number of alkyl halides is 3. The van der Waals surface area contributed by atoms with Crippen molar-refractivity contribution in [2.45, 2.75) is 9.83 Å². The average Bonchev–Trinajstić information content (AvgIpc) is 1.97. The zero-order valence-corrected chi connectivity index (χ0v) is 8.33. The Morgan fingerprint density at radius 2 is 2.17 bits per heavy atom. The van der Waals surface area contributed by atoms with Gasteiger partial charge >= 0.3 is 0 Å². The van der Waals surface area contributed by atoms with Crippen LogP contribution in [0, 0.1) is 0 Å². The van der Waals surface area contributed by atoms with E-state index in [4.69, 9.17) is 39.9 Å². The number of nitrogens with one attached hydrogen (secondary N) is 1. The summed E-state index contributed by atoms with van der Waals surface area (Å²) in [6.07, 6.45) is 1.34. The fourth-order valence-corrected chi connectivity index (χ4v) is 0.593. The lowest BCUT2D eigenvalue weighted by Crippen LogP contribution is -2.42. The van der Waals surface area contributed by atoms with E-state index in [1.807, 2.05) is 0 Å². The van der Waals surface area contributed by atoms with Crippen LogP contribution in [0.5, 0.6) is 0 Å². The molecule has 0 radical (unpaired) electrons. The highest BCUT2D eigenvalue weighted by atomic mass is 35.6. The molecule has 0 aromatic carbocycles. The van der Waals surface area contributed by atoms with Crippen molar-refractivity contribution in [3.8, 4) is 0 Å². The molecule has 0 aliphatic rings. The maximum atomic E-state index is 10.9. The average molecular weight is 232 g/mol. The van der Waals surface area contributed by atoms with E-state index in [1.54, 1.807) is 0 Å². The van der Waals surface area contributed by atoms with Crippen molar-refractivity contribution in [2.75, 3.05) is 6.61 Å². The maximum Gasteiger partial charge on any atom is 0.272 e. The SMILES string of the molecule is C=C[C@H](CO)NC(=O)C(Cl)(Cl)Cl. The third kappa shape index (κ3) is 4.16. The summed E-state index contributed by atoms with van der Waals surface area (Å²) >= 11 is 15.7. The number of halogens is 3. The molecule has 1 atom stereocenters. The van der Waals surface area contributed by atoms with Crippen molar-refractivity contribution in [1.29, 1.82) is 0 Å². The summed E-state index contributed by atoms with van der Waals surface area (Å²) in [5.74, 6) is -0.786. The molecule has 6 heteroatoms. The molecule has 0 bridgehead atoms. The smallest absolute Gasteiger partial charge is 0.272 e. The Hall–Kier alpha value is 0.0400. The van der Waals surface area contributed by atoms with E-state index in [0.29, 0.717) is 0 Å². The highest BCUT2D eigenvalue weighted by molar-refractivity contribution is 6.76. The molecule has 2 N–H and O–H groups in total. The van der Waals surface area contributed by atoms with E-state index in [9.17, 15) is 4.79 Å². The molecule has 1 amide bonds. The third-order valence-corrected chi connectivity index (χ3v) is 1.57. The topological polar surface area (TPSA) is 49.3 Å². The van der Waals surface area contributed by atoms with E-state index in [2.05, 4.69) is 11.9 Å². The van der Waals surface area contributed by atoms with Gasteiger partial charge in [-0.25, -0.2) is 0 Å². The molecule has 0 rings (SSSR count). The molecule has 0 aromatic heterocycles. The third-order valence-electron chi connectivity index (χ3n) is 1.06. The van der Waals surface area contributed by atoms with Crippen LogP contribution in [-0.2, 0) is 4.79 Å². The highest BCUT2D eigenvalue weighted by Gasteiger charge is 2.31. The highest BCUT2D eigenvalue weighted by Crippen LogP contribution is 2.25. The summed E-state index contributed by atoms with van der Waals surface area (Å²) in [6, 6.07) is -0.590. The van der Waals surface area contributed by atoms with Gasteiger partial charge in [0.25, 0.3) is 9.70 Å². The second-order valence-electron chi connectivity index (χ2n) is 2.00. The Morgan fingerprint density at radius 3 is 2.42 bits per heavy atom. The Kier molecular flexibility index (Phi) is 4.94. The lowest BCUT2D eigenvalue weighted by Gasteiger charge is -2.15. The first-order chi connectivity index (χ1) is 5.41. The lowest BCUT2D eigenvalue weighted by molar-refractivity contribution is -0.120. The fraction of sp³-hybridized carbons (Fsp3) is 0.500. The van der Waals surface area contributed by atoms with Crippen LogP contribution in [0.25, 0.3) is 0 Å². The number of aliphatic hydroxyl groups is 1. The largest absolute Gasteiger partial charge is 0.394 e. The number of carbonyl (C=O) groups excluding carboxylic acids is 1. The van der Waals surface area contributed by atoms with E-state index in [-0.39, 0.29) is 6.61 Å². The van der Waals surface area contributed by atoms with Crippen LogP contribution in [0.15, 0.2) is 12.7 Å². The Bertz CT molecular complexity index is 178. The van der Waals surface area contributed by atoms with Gasteiger partial charge in [-0.1, -0.05) is 40.9 Å². The van der Waals surface area contributed by atoms with Crippen LogP contribution in [0.1, 0.15) is 0 Å². The van der Waals surface area contributed by atoms with Gasteiger partial charge in [-0.3, -0.25) is 4.79 Å². The summed E-state index contributed by atoms with van der Waals surface area (Å²) in [7, 11) is 0. The monoisotopic (exact) mass is 231 g/mol. The van der Waals surface area contributed by atoms with Crippen molar-refractivity contribution >= 4 is 40.7 Å². The molecule has 0 spiro atoms. The van der Waals surface area contributed by atoms with E-state index < -0.39 is 15.7 Å². The van der Waals surface area contributed by atoms with Crippen LogP contribution in [-0.4, -0.2) is 27.5 Å². The van der Waals surface area contributed by atoms with Gasteiger partial charge in [-0.05, 0) is 0 Å². The zero-order chi connectivity index (χ0) is 9.78. The van der Waals surface area contributed by atoms with Gasteiger partial charge in [-0.15, -0.1) is 6.58 Å². The molecule has 0 aromatic rings. The molecule has 0 fully saturated rings. The van der Waals surface area contributed by atoms with Crippen molar-refractivity contribution in [3.05, 3.63) is 12.7 Å². The molecule has 12 heavy (non-hydrogen) atoms. The van der Waals surface area contributed by atoms with Crippen LogP contribution >= 0.6 is 34.8 Å². The zero-order valence-electron chi connectivity index (χ0n) is 6.06. The van der Waals surface area contributed by atoms with Crippen LogP contribution in [0.2, 0.25) is 0 Å². The number of rotatable bonds is 3. The van der Waals surface area contributed by atoms with Gasteiger partial charge < -0.3 is 10.4 Å². The van der Waals surface area contributed by atoms with Crippen molar-refractivity contribution in [3.63, 3.8) is 0 Å². The molecule has 3 nitrogen and oxygen atoms in total. The van der Waals surface area contributed by atoms with Crippen molar-refractivity contribution < 1.29 is 9.90 Å². The molecule has 0 heterocycles. The van der Waals surface area contributed by atoms with Gasteiger partial charge in [-0.2, -0.15) is 0 Å². The number of hydrogen-bond donors (Lipinski definition) is 2. The second-order valence-corrected chi connectivity index (χ2v) is 4.28. The van der Waals surface area contributed by atoms with Crippen LogP contribution < -0.4 is 5.32 Å². The van der Waals surface area contributed by atoms with Crippen LogP contribution in [0.4, 0.5) is 0 Å². The second kappa shape index (κ2) is 4.92. The molecule has 0 unspecified atom stereocenters. The van der Waals surface area contributed by atoms with Crippen molar-refractivity contribution in [2.24, 2.45) is 0 Å². The quantitative estimate of drug-likeness (QED) is 0.564. The first kappa shape index (κ1) is 12.0. The lowest BCUT2D eigenvalue weighted by atomic mass is 10.3. The summed E-state index contributed by atoms with van der Waals surface area (Å²) in [5.41, 5.74) is 0. The number of amides is 1. The molecule has 0 aliphatic carbocycles. The van der Waals surface area contributed by atoms with Gasteiger partial charge in [0.05, 0.1) is 12.6 Å². The molecule has 0 saturated carbocycles. The molecular formula is C6H8Cl3NO2. The number of aliphatic hydroxyl groups excluding tert-OH is 1.